The number of benzene rings is 1. The summed E-state index contributed by atoms with van der Waals surface area (Å²) in [5.74, 6) is -0.529. The highest BCUT2D eigenvalue weighted by Gasteiger charge is 2.38. The average Bonchev–Trinajstić information content (AvgIpc) is 3.02. The molecule has 2 aliphatic rings. The minimum absolute atomic E-state index is 0.103. The van der Waals surface area contributed by atoms with Crippen LogP contribution in [0.15, 0.2) is 12.1 Å². The van der Waals surface area contributed by atoms with Crippen molar-refractivity contribution in [1.29, 1.82) is 0 Å². The topological polar surface area (TPSA) is 32.3 Å². The van der Waals surface area contributed by atoms with E-state index in [0.29, 0.717) is 18.4 Å². The van der Waals surface area contributed by atoms with Crippen LogP contribution in [0, 0.1) is 23.5 Å². The van der Waals surface area contributed by atoms with E-state index in [2.05, 4.69) is 5.32 Å². The van der Waals surface area contributed by atoms with E-state index in [-0.39, 0.29) is 17.2 Å². The highest BCUT2D eigenvalue weighted by Crippen LogP contribution is 2.38. The zero-order valence-corrected chi connectivity index (χ0v) is 12.2. The van der Waals surface area contributed by atoms with Crippen LogP contribution in [0.2, 0.25) is 0 Å². The Balaban J connectivity index is 1.79. The summed E-state index contributed by atoms with van der Waals surface area (Å²) >= 11 is 0. The van der Waals surface area contributed by atoms with Crippen LogP contribution in [0.3, 0.4) is 0 Å². The SMILES string of the molecule is CCNc1c(F)cc(C(=O)N2CC3CCCC3C2)cc1F. The Morgan fingerprint density at radius 2 is 1.81 bits per heavy atom. The smallest absolute Gasteiger partial charge is 0.254 e. The van der Waals surface area contributed by atoms with Crippen LogP contribution >= 0.6 is 0 Å². The largest absolute Gasteiger partial charge is 0.381 e. The number of likely N-dealkylation sites (tertiary alicyclic amines) is 1. The second-order valence-corrected chi connectivity index (χ2v) is 6.01. The quantitative estimate of drug-likeness (QED) is 0.928. The third kappa shape index (κ3) is 2.61. The second kappa shape index (κ2) is 5.62. The summed E-state index contributed by atoms with van der Waals surface area (Å²) in [4.78, 5) is 14.2. The minimum atomic E-state index is -0.709. The molecule has 1 aliphatic carbocycles. The molecule has 1 aromatic carbocycles. The molecule has 0 aromatic heterocycles. The summed E-state index contributed by atoms with van der Waals surface area (Å²) in [7, 11) is 0. The first-order valence-corrected chi connectivity index (χ1v) is 7.62. The molecule has 0 bridgehead atoms. The first-order valence-electron chi connectivity index (χ1n) is 7.62. The van der Waals surface area contributed by atoms with Gasteiger partial charge in [0, 0.05) is 25.2 Å². The number of amides is 1. The zero-order valence-electron chi connectivity index (χ0n) is 12.2. The van der Waals surface area contributed by atoms with Crippen molar-refractivity contribution in [1.82, 2.24) is 4.90 Å². The fourth-order valence-corrected chi connectivity index (χ4v) is 3.63. The number of nitrogens with one attached hydrogen (secondary N) is 1. The molecule has 1 saturated heterocycles. The zero-order chi connectivity index (χ0) is 15.0. The molecule has 21 heavy (non-hydrogen) atoms. The molecule has 2 unspecified atom stereocenters. The van der Waals surface area contributed by atoms with E-state index in [1.807, 2.05) is 0 Å². The van der Waals surface area contributed by atoms with Gasteiger partial charge in [0.05, 0.1) is 0 Å². The summed E-state index contributed by atoms with van der Waals surface area (Å²) in [5, 5.41) is 2.64. The van der Waals surface area contributed by atoms with Gasteiger partial charge in [-0.25, -0.2) is 8.78 Å². The van der Waals surface area contributed by atoms with Crippen LogP contribution in [0.25, 0.3) is 0 Å². The van der Waals surface area contributed by atoms with Crippen molar-refractivity contribution in [3.63, 3.8) is 0 Å². The Morgan fingerprint density at radius 3 is 2.33 bits per heavy atom. The fraction of sp³-hybridized carbons (Fsp3) is 0.562. The predicted molar refractivity (Wildman–Crippen MR) is 77.3 cm³/mol. The molecule has 1 saturated carbocycles. The molecule has 0 spiro atoms. The molecule has 1 aromatic rings. The van der Waals surface area contributed by atoms with Gasteiger partial charge in [-0.05, 0) is 43.7 Å². The van der Waals surface area contributed by atoms with Gasteiger partial charge in [-0.2, -0.15) is 0 Å². The molecule has 0 radical (unpaired) electrons. The standard InChI is InChI=1S/C16H20F2N2O/c1-2-19-15-13(17)6-12(7-14(15)18)16(21)20-8-10-4-3-5-11(10)9-20/h6-7,10-11,19H,2-5,8-9H2,1H3. The minimum Gasteiger partial charge on any atom is -0.381 e. The van der Waals surface area contributed by atoms with Gasteiger partial charge in [-0.15, -0.1) is 0 Å². The number of hydrogen-bond donors (Lipinski definition) is 1. The average molecular weight is 294 g/mol. The van der Waals surface area contributed by atoms with Gasteiger partial charge in [0.2, 0.25) is 0 Å². The molecular formula is C16H20F2N2O. The van der Waals surface area contributed by atoms with Gasteiger partial charge < -0.3 is 10.2 Å². The number of fused-ring (bicyclic) bond motifs is 1. The number of carbonyl (C=O) groups is 1. The molecule has 5 heteroatoms. The van der Waals surface area contributed by atoms with Gasteiger partial charge in [-0.3, -0.25) is 4.79 Å². The van der Waals surface area contributed by atoms with E-state index in [4.69, 9.17) is 0 Å². The lowest BCUT2D eigenvalue weighted by Gasteiger charge is -2.18. The van der Waals surface area contributed by atoms with Crippen molar-refractivity contribution in [3.8, 4) is 0 Å². The van der Waals surface area contributed by atoms with Crippen LogP contribution in [0.1, 0.15) is 36.5 Å². The van der Waals surface area contributed by atoms with Gasteiger partial charge in [0.15, 0.2) is 0 Å². The number of hydrogen-bond acceptors (Lipinski definition) is 2. The number of rotatable bonds is 3. The van der Waals surface area contributed by atoms with Crippen molar-refractivity contribution in [2.24, 2.45) is 11.8 Å². The number of halogens is 2. The Hall–Kier alpha value is -1.65. The molecule has 1 aliphatic heterocycles. The third-order valence-corrected chi connectivity index (χ3v) is 4.66. The van der Waals surface area contributed by atoms with Crippen LogP contribution in [0.4, 0.5) is 14.5 Å². The summed E-state index contributed by atoms with van der Waals surface area (Å²) in [5.41, 5.74) is -0.0565. The van der Waals surface area contributed by atoms with Crippen molar-refractivity contribution in [2.45, 2.75) is 26.2 Å². The van der Waals surface area contributed by atoms with E-state index in [1.54, 1.807) is 11.8 Å². The highest BCUT2D eigenvalue weighted by molar-refractivity contribution is 5.95. The van der Waals surface area contributed by atoms with E-state index in [0.717, 1.165) is 38.1 Å². The highest BCUT2D eigenvalue weighted by atomic mass is 19.1. The fourth-order valence-electron chi connectivity index (χ4n) is 3.63. The summed E-state index contributed by atoms with van der Waals surface area (Å²) < 4.78 is 27.8. The molecule has 3 nitrogen and oxygen atoms in total. The molecule has 2 fully saturated rings. The summed E-state index contributed by atoms with van der Waals surface area (Å²) in [6, 6.07) is 2.27. The van der Waals surface area contributed by atoms with E-state index < -0.39 is 11.6 Å². The Labute approximate surface area is 123 Å². The summed E-state index contributed by atoms with van der Waals surface area (Å²) in [6.07, 6.45) is 3.56. The molecule has 1 heterocycles. The second-order valence-electron chi connectivity index (χ2n) is 6.01. The van der Waals surface area contributed by atoms with Gasteiger partial charge in [0.1, 0.15) is 17.3 Å². The maximum absolute atomic E-state index is 13.9. The van der Waals surface area contributed by atoms with Gasteiger partial charge >= 0.3 is 0 Å². The Morgan fingerprint density at radius 1 is 1.24 bits per heavy atom. The first kappa shape index (κ1) is 14.3. The molecule has 114 valence electrons. The van der Waals surface area contributed by atoms with E-state index in [9.17, 15) is 13.6 Å². The maximum Gasteiger partial charge on any atom is 0.254 e. The third-order valence-electron chi connectivity index (χ3n) is 4.66. The van der Waals surface area contributed by atoms with Gasteiger partial charge in [-0.1, -0.05) is 6.42 Å². The van der Waals surface area contributed by atoms with Crippen LogP contribution in [-0.4, -0.2) is 30.4 Å². The molecule has 3 rings (SSSR count). The van der Waals surface area contributed by atoms with Crippen LogP contribution in [0.5, 0.6) is 0 Å². The van der Waals surface area contributed by atoms with Crippen LogP contribution < -0.4 is 5.32 Å². The van der Waals surface area contributed by atoms with Crippen LogP contribution in [-0.2, 0) is 0 Å². The number of nitrogens with zero attached hydrogens (tertiary/aromatic N) is 1. The maximum atomic E-state index is 13.9. The molecule has 1 amide bonds. The lowest BCUT2D eigenvalue weighted by Crippen LogP contribution is -2.29. The Bertz CT molecular complexity index is 526. The predicted octanol–water partition coefficient (Wildman–Crippen LogP) is 3.27. The van der Waals surface area contributed by atoms with Gasteiger partial charge in [0.25, 0.3) is 5.91 Å². The first-order chi connectivity index (χ1) is 10.1. The van der Waals surface area contributed by atoms with E-state index >= 15 is 0 Å². The lowest BCUT2D eigenvalue weighted by molar-refractivity contribution is 0.0779. The number of carbonyl (C=O) groups excluding carboxylic acids is 1. The normalized spacial score (nSPS) is 24.2. The summed E-state index contributed by atoms with van der Waals surface area (Å²) in [6.45, 7) is 3.64. The lowest BCUT2D eigenvalue weighted by atomic mass is 10.0. The molecule has 1 N–H and O–H groups in total. The van der Waals surface area contributed by atoms with E-state index in [1.165, 1.54) is 6.42 Å². The van der Waals surface area contributed by atoms with Crippen molar-refractivity contribution in [2.75, 3.05) is 25.0 Å². The molecular weight excluding hydrogens is 274 g/mol. The van der Waals surface area contributed by atoms with Crippen molar-refractivity contribution in [3.05, 3.63) is 29.3 Å². The monoisotopic (exact) mass is 294 g/mol. The molecule has 2 atom stereocenters. The number of anilines is 1. The van der Waals surface area contributed by atoms with Crippen molar-refractivity contribution < 1.29 is 13.6 Å². The Kier molecular flexibility index (Phi) is 3.83. The van der Waals surface area contributed by atoms with Crippen molar-refractivity contribution >= 4 is 11.6 Å².